The lowest BCUT2D eigenvalue weighted by Gasteiger charge is -2.33. The minimum Gasteiger partial charge on any atom is -0.490 e. The van der Waals surface area contributed by atoms with Crippen molar-refractivity contribution in [2.75, 3.05) is 20.6 Å². The molecule has 0 radical (unpaired) electrons. The van der Waals surface area contributed by atoms with Crippen molar-refractivity contribution in [3.8, 4) is 5.75 Å². The maximum atomic E-state index is 12.9. The predicted molar refractivity (Wildman–Crippen MR) is 125 cm³/mol. The van der Waals surface area contributed by atoms with Gasteiger partial charge in [0.25, 0.3) is 5.91 Å². The van der Waals surface area contributed by atoms with Gasteiger partial charge >= 0.3 is 0 Å². The summed E-state index contributed by atoms with van der Waals surface area (Å²) in [6.07, 6.45) is 6.71. The lowest BCUT2D eigenvalue weighted by atomic mass is 9.92. The number of ketones is 1. The molecule has 1 aromatic carbocycles. The second-order valence-electron chi connectivity index (χ2n) is 9.06. The first-order chi connectivity index (χ1) is 14.7. The minimum atomic E-state index is -0.249. The van der Waals surface area contributed by atoms with Gasteiger partial charge in [0, 0.05) is 34.3 Å². The highest BCUT2D eigenvalue weighted by Crippen LogP contribution is 2.31. The van der Waals surface area contributed by atoms with Crippen molar-refractivity contribution in [3.63, 3.8) is 0 Å². The quantitative estimate of drug-likeness (QED) is 0.680. The number of halogens is 1. The Morgan fingerprint density at radius 2 is 1.84 bits per heavy atom. The number of carbonyl (C=O) groups excluding carboxylic acids is 2. The van der Waals surface area contributed by atoms with E-state index < -0.39 is 0 Å². The van der Waals surface area contributed by atoms with Crippen molar-refractivity contribution in [2.45, 2.75) is 65.0 Å². The molecule has 0 saturated heterocycles. The second kappa shape index (κ2) is 10.0. The van der Waals surface area contributed by atoms with Crippen LogP contribution in [0.2, 0.25) is 5.02 Å². The standard InChI is InChI=1S/C25H33ClN2O3/c1-15-10-16(2)22(23(29)11-15)14-27-25(30)21-12-18(26)13-24(17(21)3)31-20-8-6-19(7-9-20)28(4)5/h11-13,19-20H,6-10,14H2,1-5H3,(H,27,30). The minimum absolute atomic E-state index is 0.0262. The third-order valence-corrected chi connectivity index (χ3v) is 6.62. The highest BCUT2D eigenvalue weighted by Gasteiger charge is 2.25. The smallest absolute Gasteiger partial charge is 0.252 e. The van der Waals surface area contributed by atoms with E-state index in [0.29, 0.717) is 28.0 Å². The number of ether oxygens (including phenoxy) is 1. The molecular weight excluding hydrogens is 412 g/mol. The average molecular weight is 445 g/mol. The Bertz CT molecular complexity index is 925. The summed E-state index contributed by atoms with van der Waals surface area (Å²) < 4.78 is 6.27. The molecule has 0 aromatic heterocycles. The first-order valence-electron chi connectivity index (χ1n) is 11.0. The molecule has 6 heteroatoms. The van der Waals surface area contributed by atoms with Crippen molar-refractivity contribution in [2.24, 2.45) is 0 Å². The van der Waals surface area contributed by atoms with Crippen molar-refractivity contribution in [1.29, 1.82) is 0 Å². The van der Waals surface area contributed by atoms with Crippen LogP contribution in [0.5, 0.6) is 5.75 Å². The van der Waals surface area contributed by atoms with Crippen LogP contribution in [0.3, 0.4) is 0 Å². The number of rotatable bonds is 6. The molecule has 0 atom stereocenters. The van der Waals surface area contributed by atoms with Gasteiger partial charge < -0.3 is 15.0 Å². The molecule has 1 amide bonds. The number of nitrogens with one attached hydrogen (secondary N) is 1. The Labute approximate surface area is 190 Å². The first-order valence-corrected chi connectivity index (χ1v) is 11.3. The normalized spacial score (nSPS) is 21.9. The van der Waals surface area contributed by atoms with E-state index in [1.807, 2.05) is 20.8 Å². The number of allylic oxidation sites excluding steroid dienone is 3. The summed E-state index contributed by atoms with van der Waals surface area (Å²) in [6.45, 7) is 5.98. The van der Waals surface area contributed by atoms with Crippen LogP contribution in [0.4, 0.5) is 0 Å². The third kappa shape index (κ3) is 5.78. The highest BCUT2D eigenvalue weighted by atomic mass is 35.5. The first kappa shape index (κ1) is 23.6. The fraction of sp³-hybridized carbons (Fsp3) is 0.520. The molecule has 0 heterocycles. The molecule has 5 nitrogen and oxygen atoms in total. The molecule has 0 aliphatic heterocycles. The second-order valence-corrected chi connectivity index (χ2v) is 9.50. The van der Waals surface area contributed by atoms with E-state index in [4.69, 9.17) is 16.3 Å². The van der Waals surface area contributed by atoms with E-state index in [1.165, 1.54) is 0 Å². The summed E-state index contributed by atoms with van der Waals surface area (Å²) in [6, 6.07) is 4.05. The van der Waals surface area contributed by atoms with Crippen LogP contribution in [-0.2, 0) is 4.79 Å². The van der Waals surface area contributed by atoms with Gasteiger partial charge in [0.05, 0.1) is 6.10 Å². The van der Waals surface area contributed by atoms with Crippen LogP contribution in [0.25, 0.3) is 0 Å². The van der Waals surface area contributed by atoms with Crippen molar-refractivity contribution in [1.82, 2.24) is 10.2 Å². The molecule has 0 unspecified atom stereocenters. The predicted octanol–water partition coefficient (Wildman–Crippen LogP) is 4.87. The van der Waals surface area contributed by atoms with Crippen molar-refractivity contribution in [3.05, 3.63) is 51.1 Å². The zero-order valence-corrected chi connectivity index (χ0v) is 19.9. The summed E-state index contributed by atoms with van der Waals surface area (Å²) in [5.41, 5.74) is 3.97. The van der Waals surface area contributed by atoms with Gasteiger partial charge in [0.1, 0.15) is 5.75 Å². The van der Waals surface area contributed by atoms with E-state index in [9.17, 15) is 9.59 Å². The van der Waals surface area contributed by atoms with Crippen molar-refractivity contribution < 1.29 is 14.3 Å². The maximum absolute atomic E-state index is 12.9. The van der Waals surface area contributed by atoms with Gasteiger partial charge in [0.15, 0.2) is 5.78 Å². The van der Waals surface area contributed by atoms with Crippen LogP contribution in [0.15, 0.2) is 34.9 Å². The average Bonchev–Trinajstić information content (AvgIpc) is 2.69. The monoisotopic (exact) mass is 444 g/mol. The highest BCUT2D eigenvalue weighted by molar-refractivity contribution is 6.31. The Hall–Kier alpha value is -2.11. The van der Waals surface area contributed by atoms with E-state index in [0.717, 1.165) is 48.8 Å². The number of hydrogen-bond acceptors (Lipinski definition) is 4. The van der Waals surface area contributed by atoms with Crippen LogP contribution < -0.4 is 10.1 Å². The lowest BCUT2D eigenvalue weighted by molar-refractivity contribution is -0.111. The number of carbonyl (C=O) groups is 2. The number of benzene rings is 1. The zero-order valence-electron chi connectivity index (χ0n) is 19.2. The SMILES string of the molecule is CC1=CC(=O)C(CNC(=O)c2cc(Cl)cc(OC3CCC(N(C)C)CC3)c2C)=C(C)C1. The lowest BCUT2D eigenvalue weighted by Crippen LogP contribution is -2.35. The largest absolute Gasteiger partial charge is 0.490 e. The van der Waals surface area contributed by atoms with Crippen LogP contribution in [0, 0.1) is 6.92 Å². The molecule has 31 heavy (non-hydrogen) atoms. The molecule has 0 bridgehead atoms. The third-order valence-electron chi connectivity index (χ3n) is 6.40. The Morgan fingerprint density at radius 3 is 2.45 bits per heavy atom. The number of amides is 1. The maximum Gasteiger partial charge on any atom is 0.252 e. The van der Waals surface area contributed by atoms with Crippen LogP contribution in [0.1, 0.15) is 61.9 Å². The van der Waals surface area contributed by atoms with Crippen LogP contribution in [-0.4, -0.2) is 49.4 Å². The fourth-order valence-electron chi connectivity index (χ4n) is 4.47. The molecule has 3 rings (SSSR count). The number of nitrogens with zero attached hydrogens (tertiary/aromatic N) is 1. The summed E-state index contributed by atoms with van der Waals surface area (Å²) >= 11 is 6.32. The van der Waals surface area contributed by atoms with Gasteiger partial charge in [-0.2, -0.15) is 0 Å². The van der Waals surface area contributed by atoms with Gasteiger partial charge in [-0.1, -0.05) is 22.7 Å². The van der Waals surface area contributed by atoms with Crippen molar-refractivity contribution >= 4 is 23.3 Å². The Morgan fingerprint density at radius 1 is 1.16 bits per heavy atom. The molecule has 0 spiro atoms. The molecule has 1 fully saturated rings. The van der Waals surface area contributed by atoms with Gasteiger partial charge in [-0.15, -0.1) is 0 Å². The van der Waals surface area contributed by atoms with Gasteiger partial charge in [-0.05, 0) is 85.2 Å². The molecular formula is C25H33ClN2O3. The summed E-state index contributed by atoms with van der Waals surface area (Å²) in [5, 5.41) is 3.36. The fourth-order valence-corrected chi connectivity index (χ4v) is 4.68. The molecule has 1 aromatic rings. The van der Waals surface area contributed by atoms with E-state index in [-0.39, 0.29) is 24.3 Å². The Kier molecular flexibility index (Phi) is 7.60. The van der Waals surface area contributed by atoms with Crippen LogP contribution >= 0.6 is 11.6 Å². The van der Waals surface area contributed by atoms with Gasteiger partial charge in [-0.3, -0.25) is 9.59 Å². The Balaban J connectivity index is 1.68. The van der Waals surface area contributed by atoms with Gasteiger partial charge in [0.2, 0.25) is 0 Å². The molecule has 1 N–H and O–H groups in total. The molecule has 1 saturated carbocycles. The molecule has 2 aliphatic rings. The van der Waals surface area contributed by atoms with Gasteiger partial charge in [-0.25, -0.2) is 0 Å². The van der Waals surface area contributed by atoms with E-state index >= 15 is 0 Å². The number of hydrogen-bond donors (Lipinski definition) is 1. The van der Waals surface area contributed by atoms with E-state index in [1.54, 1.807) is 18.2 Å². The summed E-state index contributed by atoms with van der Waals surface area (Å²) in [7, 11) is 4.24. The summed E-state index contributed by atoms with van der Waals surface area (Å²) in [5.74, 6) is 0.385. The summed E-state index contributed by atoms with van der Waals surface area (Å²) in [4.78, 5) is 27.5. The molecule has 168 valence electrons. The zero-order chi connectivity index (χ0) is 22.7. The molecule has 2 aliphatic carbocycles. The van der Waals surface area contributed by atoms with E-state index in [2.05, 4.69) is 24.3 Å². The topological polar surface area (TPSA) is 58.6 Å².